The first-order valence-corrected chi connectivity index (χ1v) is 9.14. The molecule has 0 amide bonds. The van der Waals surface area contributed by atoms with Gasteiger partial charge in [-0.15, -0.1) is 10.2 Å². The van der Waals surface area contributed by atoms with Gasteiger partial charge in [-0.3, -0.25) is 4.40 Å². The molecule has 124 valence electrons. The molecule has 0 bridgehead atoms. The van der Waals surface area contributed by atoms with Crippen LogP contribution >= 0.6 is 11.8 Å². The van der Waals surface area contributed by atoms with Crippen LogP contribution in [0.3, 0.4) is 0 Å². The Morgan fingerprint density at radius 3 is 2.19 bits per heavy atom. The maximum atomic E-state index is 4.85. The van der Waals surface area contributed by atoms with Crippen LogP contribution in [0.4, 0.5) is 0 Å². The highest BCUT2D eigenvalue weighted by atomic mass is 32.2. The summed E-state index contributed by atoms with van der Waals surface area (Å²) in [4.78, 5) is 5.97. The molecule has 2 heterocycles. The van der Waals surface area contributed by atoms with Gasteiger partial charge in [0.2, 0.25) is 0 Å². The van der Waals surface area contributed by atoms with Crippen molar-refractivity contribution in [2.45, 2.75) is 9.92 Å². The van der Waals surface area contributed by atoms with E-state index in [0.717, 1.165) is 38.0 Å². The summed E-state index contributed by atoms with van der Waals surface area (Å²) in [5.41, 5.74) is 3.74. The van der Waals surface area contributed by atoms with Crippen molar-refractivity contribution in [1.29, 1.82) is 0 Å². The number of benzene rings is 3. The zero-order chi connectivity index (χ0) is 17.3. The molecule has 0 saturated heterocycles. The normalized spacial score (nSPS) is 11.2. The highest BCUT2D eigenvalue weighted by molar-refractivity contribution is 7.99. The molecule has 4 nitrogen and oxygen atoms in total. The van der Waals surface area contributed by atoms with Crippen LogP contribution in [0.2, 0.25) is 0 Å². The molecule has 0 spiro atoms. The van der Waals surface area contributed by atoms with Gasteiger partial charge in [-0.25, -0.2) is 4.98 Å². The molecule has 0 N–H and O–H groups in total. The van der Waals surface area contributed by atoms with Crippen molar-refractivity contribution in [3.8, 4) is 11.4 Å². The number of para-hydroxylation sites is 2. The van der Waals surface area contributed by atoms with E-state index < -0.39 is 0 Å². The summed E-state index contributed by atoms with van der Waals surface area (Å²) in [6.07, 6.45) is 0. The van der Waals surface area contributed by atoms with Crippen LogP contribution in [0.5, 0.6) is 0 Å². The van der Waals surface area contributed by atoms with Crippen molar-refractivity contribution in [2.24, 2.45) is 0 Å². The zero-order valence-electron chi connectivity index (χ0n) is 13.8. The van der Waals surface area contributed by atoms with Crippen molar-refractivity contribution in [1.82, 2.24) is 19.6 Å². The number of aromatic nitrogens is 4. The predicted molar refractivity (Wildman–Crippen MR) is 104 cm³/mol. The molecule has 26 heavy (non-hydrogen) atoms. The van der Waals surface area contributed by atoms with Crippen LogP contribution in [-0.4, -0.2) is 19.6 Å². The lowest BCUT2D eigenvalue weighted by atomic mass is 10.2. The van der Waals surface area contributed by atoms with E-state index in [1.165, 1.54) is 0 Å². The third-order valence-electron chi connectivity index (χ3n) is 4.19. The van der Waals surface area contributed by atoms with E-state index in [4.69, 9.17) is 4.98 Å². The average molecular weight is 354 g/mol. The van der Waals surface area contributed by atoms with Gasteiger partial charge in [0.05, 0.1) is 11.0 Å². The van der Waals surface area contributed by atoms with Gasteiger partial charge in [0.15, 0.2) is 11.5 Å². The number of rotatable bonds is 3. The summed E-state index contributed by atoms with van der Waals surface area (Å²) in [5, 5.41) is 9.80. The topological polar surface area (TPSA) is 43.1 Å². The van der Waals surface area contributed by atoms with E-state index in [2.05, 4.69) is 44.9 Å². The van der Waals surface area contributed by atoms with Gasteiger partial charge in [0.1, 0.15) is 5.03 Å². The van der Waals surface area contributed by atoms with Gasteiger partial charge in [0.25, 0.3) is 0 Å². The first-order chi connectivity index (χ1) is 12.9. The Balaban J connectivity index is 1.80. The molecule has 5 aromatic rings. The summed E-state index contributed by atoms with van der Waals surface area (Å²) < 4.78 is 2.10. The molecule has 3 aromatic carbocycles. The molecule has 2 aromatic heterocycles. The Kier molecular flexibility index (Phi) is 3.65. The lowest BCUT2D eigenvalue weighted by Crippen LogP contribution is -1.96. The molecule has 5 rings (SSSR count). The fraction of sp³-hybridized carbons (Fsp3) is 0. The second-order valence-electron chi connectivity index (χ2n) is 5.87. The molecule has 0 atom stereocenters. The minimum atomic E-state index is 0.774. The molecule has 0 radical (unpaired) electrons. The first-order valence-electron chi connectivity index (χ1n) is 8.32. The third-order valence-corrected chi connectivity index (χ3v) is 5.16. The minimum Gasteiger partial charge on any atom is -0.271 e. The van der Waals surface area contributed by atoms with Gasteiger partial charge in [-0.1, -0.05) is 72.4 Å². The fourth-order valence-electron chi connectivity index (χ4n) is 3.00. The first kappa shape index (κ1) is 15.1. The SMILES string of the molecule is c1ccc(Sc2nc3ccccc3n3c(-c4ccccc4)nnc23)cc1. The minimum absolute atomic E-state index is 0.774. The maximum absolute atomic E-state index is 4.85. The van der Waals surface area contributed by atoms with E-state index in [9.17, 15) is 0 Å². The molecule has 0 fully saturated rings. The average Bonchev–Trinajstić information content (AvgIpc) is 3.15. The van der Waals surface area contributed by atoms with Gasteiger partial charge in [-0.2, -0.15) is 0 Å². The van der Waals surface area contributed by atoms with Crippen LogP contribution in [0, 0.1) is 0 Å². The number of hydrogen-bond donors (Lipinski definition) is 0. The van der Waals surface area contributed by atoms with Crippen molar-refractivity contribution in [3.63, 3.8) is 0 Å². The van der Waals surface area contributed by atoms with E-state index in [1.54, 1.807) is 11.8 Å². The number of fused-ring (bicyclic) bond motifs is 3. The van der Waals surface area contributed by atoms with Crippen LogP contribution in [0.25, 0.3) is 28.1 Å². The predicted octanol–water partition coefficient (Wildman–Crippen LogP) is 5.10. The van der Waals surface area contributed by atoms with Crippen LogP contribution in [0.1, 0.15) is 0 Å². The van der Waals surface area contributed by atoms with Crippen molar-refractivity contribution in [2.75, 3.05) is 0 Å². The van der Waals surface area contributed by atoms with Gasteiger partial charge < -0.3 is 0 Å². The Labute approximate surface area is 154 Å². The van der Waals surface area contributed by atoms with Gasteiger partial charge >= 0.3 is 0 Å². The molecule has 0 aliphatic carbocycles. The quantitative estimate of drug-likeness (QED) is 0.452. The molecular weight excluding hydrogens is 340 g/mol. The largest absolute Gasteiger partial charge is 0.271 e. The lowest BCUT2D eigenvalue weighted by molar-refractivity contribution is 1.08. The Morgan fingerprint density at radius 2 is 1.38 bits per heavy atom. The third kappa shape index (κ3) is 2.53. The Hall–Kier alpha value is -3.18. The molecule has 0 aliphatic rings. The summed E-state index contributed by atoms with van der Waals surface area (Å²) in [7, 11) is 0. The van der Waals surface area contributed by atoms with Gasteiger partial charge in [-0.05, 0) is 24.3 Å². The van der Waals surface area contributed by atoms with Crippen molar-refractivity contribution in [3.05, 3.63) is 84.9 Å². The van der Waals surface area contributed by atoms with Crippen LogP contribution in [0.15, 0.2) is 94.9 Å². The van der Waals surface area contributed by atoms with Crippen LogP contribution in [-0.2, 0) is 0 Å². The molecule has 0 aliphatic heterocycles. The molecule has 0 saturated carbocycles. The second-order valence-corrected chi connectivity index (χ2v) is 6.93. The standard InChI is InChI=1S/C21H14N4S/c1-3-9-15(10-4-1)19-23-24-20-21(26-16-11-5-2-6-12-16)22-17-13-7-8-14-18(17)25(19)20/h1-14H. The Morgan fingerprint density at radius 1 is 0.692 bits per heavy atom. The monoisotopic (exact) mass is 354 g/mol. The fourth-order valence-corrected chi connectivity index (χ4v) is 3.88. The number of nitrogens with zero attached hydrogens (tertiary/aromatic N) is 4. The lowest BCUT2D eigenvalue weighted by Gasteiger charge is -2.08. The van der Waals surface area contributed by atoms with E-state index in [0.29, 0.717) is 0 Å². The van der Waals surface area contributed by atoms with E-state index in [-0.39, 0.29) is 0 Å². The maximum Gasteiger partial charge on any atom is 0.194 e. The van der Waals surface area contributed by atoms with Crippen molar-refractivity contribution < 1.29 is 0 Å². The highest BCUT2D eigenvalue weighted by Gasteiger charge is 2.16. The second kappa shape index (κ2) is 6.28. The van der Waals surface area contributed by atoms with E-state index in [1.807, 2.05) is 54.6 Å². The van der Waals surface area contributed by atoms with E-state index >= 15 is 0 Å². The summed E-state index contributed by atoms with van der Waals surface area (Å²) in [6, 6.07) is 28.5. The summed E-state index contributed by atoms with van der Waals surface area (Å²) in [5.74, 6) is 0.828. The smallest absolute Gasteiger partial charge is 0.194 e. The summed E-state index contributed by atoms with van der Waals surface area (Å²) in [6.45, 7) is 0. The molecule has 5 heteroatoms. The van der Waals surface area contributed by atoms with Gasteiger partial charge in [0, 0.05) is 10.5 Å². The highest BCUT2D eigenvalue weighted by Crippen LogP contribution is 2.32. The summed E-state index contributed by atoms with van der Waals surface area (Å²) >= 11 is 1.61. The molecular formula is C21H14N4S. The van der Waals surface area contributed by atoms with Crippen molar-refractivity contribution >= 4 is 28.4 Å². The van der Waals surface area contributed by atoms with Crippen LogP contribution < -0.4 is 0 Å². The zero-order valence-corrected chi connectivity index (χ0v) is 14.6. The number of hydrogen-bond acceptors (Lipinski definition) is 4. The molecule has 0 unspecified atom stereocenters. The Bertz CT molecular complexity index is 1200.